The molecule has 2 aromatic carbocycles. The third-order valence-corrected chi connectivity index (χ3v) is 11.2. The topological polar surface area (TPSA) is 85.5 Å². The molecule has 0 saturated carbocycles. The van der Waals surface area contributed by atoms with Crippen LogP contribution < -0.4 is 5.32 Å². The van der Waals surface area contributed by atoms with E-state index in [1.807, 2.05) is 26.0 Å². The Morgan fingerprint density at radius 3 is 2.53 bits per heavy atom. The Labute approximate surface area is 265 Å². The number of carbonyl (C=O) groups excluding carboxylic acids is 2. The number of aromatic amines is 1. The highest BCUT2D eigenvalue weighted by Gasteiger charge is 2.32. The molecule has 10 heteroatoms. The van der Waals surface area contributed by atoms with E-state index in [1.54, 1.807) is 30.3 Å². The lowest BCUT2D eigenvalue weighted by Gasteiger charge is -2.28. The number of hydrogen-bond donors (Lipinski definition) is 2. The van der Waals surface area contributed by atoms with Gasteiger partial charge >= 0.3 is 0 Å². The molecular formula is C33H37Cl2N4O3S+. The van der Waals surface area contributed by atoms with Crippen molar-refractivity contribution in [3.63, 3.8) is 0 Å². The van der Waals surface area contributed by atoms with Gasteiger partial charge in [0.2, 0.25) is 5.91 Å². The predicted octanol–water partition coefficient (Wildman–Crippen LogP) is 6.32. The summed E-state index contributed by atoms with van der Waals surface area (Å²) in [7, 11) is -1.85. The molecule has 226 valence electrons. The van der Waals surface area contributed by atoms with Gasteiger partial charge in [-0.3, -0.25) is 9.59 Å². The normalized spacial score (nSPS) is 20.2. The number of aryl methyl sites for hydroxylation is 1. The van der Waals surface area contributed by atoms with Gasteiger partial charge in [-0.15, -0.1) is 4.21 Å². The summed E-state index contributed by atoms with van der Waals surface area (Å²) in [4.78, 5) is 35.2. The van der Waals surface area contributed by atoms with Gasteiger partial charge in [0.05, 0.1) is 12.0 Å². The standard InChI is InChI=1S/C33H36Cl2N4O3S/c1-20-24(17-32(40)39-14-6-7-22(39)18-38-12-3-4-13-38)21(2)36-31(20)16-26-25-15-23(10-11-30(25)37-33(26)41)43(42)19-27-28(34)8-5-9-29(27)35/h5,8-11,15-16,22,36H,3-4,6-7,12-14,17-19H2,1-2H3,(H,37,41)/p+1/b26-16-/t22-,43?/m1/s1. The minimum Gasteiger partial charge on any atom is -0.359 e. The minimum atomic E-state index is -1.85. The molecule has 2 fully saturated rings. The van der Waals surface area contributed by atoms with E-state index < -0.39 is 10.8 Å². The second-order valence-corrected chi connectivity index (χ2v) is 14.2. The van der Waals surface area contributed by atoms with E-state index >= 15 is 0 Å². The maximum atomic E-state index is 13.5. The molecule has 2 amide bonds. The Morgan fingerprint density at radius 1 is 1.05 bits per heavy atom. The summed E-state index contributed by atoms with van der Waals surface area (Å²) in [5.74, 6) is 0.152. The number of aromatic nitrogens is 1. The third kappa shape index (κ3) is 6.21. The number of amides is 2. The molecule has 0 aliphatic carbocycles. The van der Waals surface area contributed by atoms with Crippen LogP contribution in [0.25, 0.3) is 11.6 Å². The summed E-state index contributed by atoms with van der Waals surface area (Å²) < 4.78 is 13.4. The average molecular weight is 641 g/mol. The van der Waals surface area contributed by atoms with Crippen molar-refractivity contribution in [1.82, 2.24) is 14.8 Å². The number of thiol groups is 1. The number of benzene rings is 2. The van der Waals surface area contributed by atoms with Crippen LogP contribution in [-0.4, -0.2) is 58.8 Å². The number of nitrogens with one attached hydrogen (secondary N) is 2. The Kier molecular flexibility index (Phi) is 8.83. The third-order valence-electron chi connectivity index (χ3n) is 9.05. The largest absolute Gasteiger partial charge is 0.359 e. The first kappa shape index (κ1) is 30.1. The first-order valence-corrected chi connectivity index (χ1v) is 17.1. The molecule has 1 aromatic heterocycles. The van der Waals surface area contributed by atoms with E-state index in [2.05, 4.69) is 20.1 Å². The quantitative estimate of drug-likeness (QED) is 0.172. The van der Waals surface area contributed by atoms with Crippen molar-refractivity contribution in [2.75, 3.05) is 31.5 Å². The van der Waals surface area contributed by atoms with E-state index in [1.165, 1.54) is 12.8 Å². The Morgan fingerprint density at radius 2 is 1.79 bits per heavy atom. The van der Waals surface area contributed by atoms with Crippen LogP contribution in [0.4, 0.5) is 5.69 Å². The molecule has 2 saturated heterocycles. The van der Waals surface area contributed by atoms with Crippen molar-refractivity contribution in [3.8, 4) is 0 Å². The number of H-pyrrole nitrogens is 1. The fourth-order valence-electron chi connectivity index (χ4n) is 6.63. The fraction of sp³-hybridized carbons (Fsp3) is 0.394. The summed E-state index contributed by atoms with van der Waals surface area (Å²) in [5.41, 5.74) is 6.18. The van der Waals surface area contributed by atoms with Crippen LogP contribution in [0.3, 0.4) is 0 Å². The maximum absolute atomic E-state index is 13.5. The number of anilines is 1. The van der Waals surface area contributed by atoms with Crippen LogP contribution in [0.2, 0.25) is 10.0 Å². The first-order chi connectivity index (χ1) is 20.7. The van der Waals surface area contributed by atoms with Crippen LogP contribution in [-0.2, 0) is 36.8 Å². The molecule has 3 aromatic rings. The monoisotopic (exact) mass is 639 g/mol. The SMILES string of the molecule is Cc1[nH]c(/C=C2\C(=O)Nc3ccc([SH+](=O)Cc4c(Cl)cccc4Cl)cc32)c(C)c1CC(=O)N1CCC[C@@H]1CN1CCCC1. The van der Waals surface area contributed by atoms with Crippen molar-refractivity contribution >= 4 is 63.2 Å². The van der Waals surface area contributed by atoms with E-state index in [4.69, 9.17) is 23.2 Å². The van der Waals surface area contributed by atoms with Crippen molar-refractivity contribution in [2.45, 2.75) is 62.6 Å². The summed E-state index contributed by atoms with van der Waals surface area (Å²) in [5, 5.41) is 3.88. The van der Waals surface area contributed by atoms with Gasteiger partial charge in [0.25, 0.3) is 5.91 Å². The molecule has 6 rings (SSSR count). The Balaban J connectivity index is 1.22. The molecule has 0 radical (unpaired) electrons. The minimum absolute atomic E-state index is 0.169. The van der Waals surface area contributed by atoms with Gasteiger partial charge in [-0.1, -0.05) is 29.3 Å². The van der Waals surface area contributed by atoms with Gasteiger partial charge in [0.15, 0.2) is 4.90 Å². The lowest BCUT2D eigenvalue weighted by molar-refractivity contribution is -0.131. The van der Waals surface area contributed by atoms with Gasteiger partial charge in [-0.05, 0) is 94.1 Å². The number of nitrogens with zero attached hydrogens (tertiary/aromatic N) is 2. The molecule has 7 nitrogen and oxygen atoms in total. The number of fused-ring (bicyclic) bond motifs is 1. The second-order valence-electron chi connectivity index (χ2n) is 11.8. The molecule has 0 bridgehead atoms. The van der Waals surface area contributed by atoms with Crippen molar-refractivity contribution in [1.29, 1.82) is 0 Å². The average Bonchev–Trinajstić information content (AvgIpc) is 3.77. The zero-order valence-corrected chi connectivity index (χ0v) is 26.9. The highest BCUT2D eigenvalue weighted by atomic mass is 35.5. The Bertz CT molecular complexity index is 1620. The van der Waals surface area contributed by atoms with Crippen LogP contribution in [0.1, 0.15) is 59.3 Å². The van der Waals surface area contributed by atoms with Crippen molar-refractivity contribution in [2.24, 2.45) is 0 Å². The number of hydrogen-bond acceptors (Lipinski definition) is 4. The van der Waals surface area contributed by atoms with E-state index in [0.29, 0.717) is 49.8 Å². The van der Waals surface area contributed by atoms with E-state index in [9.17, 15) is 13.8 Å². The molecule has 0 spiro atoms. The van der Waals surface area contributed by atoms with Crippen LogP contribution in [0.5, 0.6) is 0 Å². The number of rotatable bonds is 8. The maximum Gasteiger partial charge on any atom is 0.256 e. The first-order valence-electron chi connectivity index (χ1n) is 14.9. The molecular weight excluding hydrogens is 603 g/mol. The molecule has 3 aliphatic rings. The van der Waals surface area contributed by atoms with E-state index in [0.717, 1.165) is 61.5 Å². The number of halogens is 2. The van der Waals surface area contributed by atoms with Crippen LogP contribution >= 0.6 is 23.2 Å². The second kappa shape index (κ2) is 12.6. The van der Waals surface area contributed by atoms with Gasteiger partial charge in [-0.25, -0.2) is 0 Å². The highest BCUT2D eigenvalue weighted by Crippen LogP contribution is 2.36. The summed E-state index contributed by atoms with van der Waals surface area (Å²) >= 11 is 12.6. The lowest BCUT2D eigenvalue weighted by Crippen LogP contribution is -2.43. The van der Waals surface area contributed by atoms with Gasteiger partial charge in [-0.2, -0.15) is 0 Å². The zero-order valence-electron chi connectivity index (χ0n) is 24.5. The van der Waals surface area contributed by atoms with Gasteiger partial charge in [0.1, 0.15) is 16.6 Å². The smallest absolute Gasteiger partial charge is 0.256 e. The summed E-state index contributed by atoms with van der Waals surface area (Å²) in [6.07, 6.45) is 6.80. The highest BCUT2D eigenvalue weighted by molar-refractivity contribution is 7.84. The molecule has 2 N–H and O–H groups in total. The molecule has 43 heavy (non-hydrogen) atoms. The number of likely N-dealkylation sites (tertiary alicyclic amines) is 2. The summed E-state index contributed by atoms with van der Waals surface area (Å²) in [6, 6.07) is 10.9. The number of carbonyl (C=O) groups is 2. The predicted molar refractivity (Wildman–Crippen MR) is 175 cm³/mol. The van der Waals surface area contributed by atoms with Crippen LogP contribution in [0, 0.1) is 13.8 Å². The van der Waals surface area contributed by atoms with Gasteiger partial charge in [0, 0.05) is 63.4 Å². The molecule has 3 aliphatic heterocycles. The molecule has 2 atom stereocenters. The van der Waals surface area contributed by atoms with E-state index in [-0.39, 0.29) is 17.6 Å². The molecule has 1 unspecified atom stereocenters. The summed E-state index contributed by atoms with van der Waals surface area (Å²) in [6.45, 7) is 8.05. The van der Waals surface area contributed by atoms with Gasteiger partial charge < -0.3 is 20.1 Å². The van der Waals surface area contributed by atoms with Crippen LogP contribution in [0.15, 0.2) is 41.3 Å². The van der Waals surface area contributed by atoms with Crippen molar-refractivity contribution in [3.05, 3.63) is 80.1 Å². The Hall–Kier alpha value is -2.91. The zero-order chi connectivity index (χ0) is 30.2. The lowest BCUT2D eigenvalue weighted by atomic mass is 10.0. The fourth-order valence-corrected chi connectivity index (χ4v) is 8.67. The van der Waals surface area contributed by atoms with Crippen molar-refractivity contribution < 1.29 is 13.8 Å². The molecule has 4 heterocycles.